The lowest BCUT2D eigenvalue weighted by Crippen LogP contribution is -2.00. The van der Waals surface area contributed by atoms with Crippen molar-refractivity contribution in [3.8, 4) is 0 Å². The minimum absolute atomic E-state index is 0.709. The average molecular weight is 143 g/mol. The summed E-state index contributed by atoms with van der Waals surface area (Å²) in [6, 6.07) is 0. The van der Waals surface area contributed by atoms with Gasteiger partial charge in [-0.15, -0.1) is 0 Å². The van der Waals surface area contributed by atoms with Crippen molar-refractivity contribution in [1.82, 2.24) is 0 Å². The molecule has 0 aliphatic carbocycles. The summed E-state index contributed by atoms with van der Waals surface area (Å²) in [5.74, 6) is 3.27. The van der Waals surface area contributed by atoms with Gasteiger partial charge in [0.25, 0.3) is 0 Å². The first-order chi connectivity index (χ1) is 4.34. The van der Waals surface area contributed by atoms with Crippen LogP contribution in [0.5, 0.6) is 0 Å². The lowest BCUT2D eigenvalue weighted by Gasteiger charge is -2.00. The summed E-state index contributed by atoms with van der Waals surface area (Å²) in [7, 11) is 0. The fraction of sp³-hybridized carbons (Fsp3) is 0.714. The predicted octanol–water partition coefficient (Wildman–Crippen LogP) is 1.25. The second-order valence-corrected chi connectivity index (χ2v) is 3.46. The summed E-state index contributed by atoms with van der Waals surface area (Å²) in [6.45, 7) is 2.97. The highest BCUT2D eigenvalue weighted by atomic mass is 32.2. The Kier molecular flexibility index (Phi) is 2.61. The number of thioether (sulfide) groups is 1. The monoisotopic (exact) mass is 143 g/mol. The molecule has 0 aromatic rings. The molecule has 1 aliphatic rings. The van der Waals surface area contributed by atoms with Gasteiger partial charge in [-0.25, -0.2) is 0 Å². The molecule has 1 nitrogen and oxygen atoms in total. The molecule has 1 atom stereocenters. The summed E-state index contributed by atoms with van der Waals surface area (Å²) in [4.78, 5) is 0. The van der Waals surface area contributed by atoms with Crippen LogP contribution in [0.3, 0.4) is 0 Å². The van der Waals surface area contributed by atoms with Crippen molar-refractivity contribution in [3.63, 3.8) is 0 Å². The van der Waals surface area contributed by atoms with Crippen LogP contribution in [0.15, 0.2) is 11.6 Å². The first kappa shape index (κ1) is 7.16. The predicted molar refractivity (Wildman–Crippen MR) is 43.6 cm³/mol. The highest BCUT2D eigenvalue weighted by Gasteiger charge is 2.14. The smallest absolute Gasteiger partial charge is 0.0146 e. The lowest BCUT2D eigenvalue weighted by atomic mass is 10.1. The zero-order valence-electron chi connectivity index (χ0n) is 5.76. The lowest BCUT2D eigenvalue weighted by molar-refractivity contribution is 0.805. The Bertz CT molecular complexity index is 120. The third-order valence-electron chi connectivity index (χ3n) is 1.65. The van der Waals surface area contributed by atoms with E-state index in [4.69, 9.17) is 5.73 Å². The molecule has 9 heavy (non-hydrogen) atoms. The van der Waals surface area contributed by atoms with E-state index in [1.54, 1.807) is 5.57 Å². The third kappa shape index (κ3) is 1.73. The Morgan fingerprint density at radius 2 is 2.67 bits per heavy atom. The zero-order chi connectivity index (χ0) is 6.69. The van der Waals surface area contributed by atoms with Crippen molar-refractivity contribution >= 4 is 11.8 Å². The van der Waals surface area contributed by atoms with E-state index in [0.29, 0.717) is 6.54 Å². The summed E-state index contributed by atoms with van der Waals surface area (Å²) < 4.78 is 0. The Labute approximate surface area is 60.7 Å². The highest BCUT2D eigenvalue weighted by molar-refractivity contribution is 7.99. The summed E-state index contributed by atoms with van der Waals surface area (Å²) in [5.41, 5.74) is 6.93. The largest absolute Gasteiger partial charge is 0.327 e. The maximum Gasteiger partial charge on any atom is 0.0146 e. The highest BCUT2D eigenvalue weighted by Crippen LogP contribution is 2.27. The van der Waals surface area contributed by atoms with Crippen LogP contribution in [0.25, 0.3) is 0 Å². The van der Waals surface area contributed by atoms with Crippen molar-refractivity contribution in [2.45, 2.75) is 6.92 Å². The van der Waals surface area contributed by atoms with Gasteiger partial charge in [0.2, 0.25) is 0 Å². The SMILES string of the molecule is CC1CSC/C1=C\CN. The van der Waals surface area contributed by atoms with Crippen molar-refractivity contribution in [2.75, 3.05) is 18.1 Å². The van der Waals surface area contributed by atoms with Crippen LogP contribution >= 0.6 is 11.8 Å². The van der Waals surface area contributed by atoms with Crippen LogP contribution in [0.2, 0.25) is 0 Å². The van der Waals surface area contributed by atoms with Crippen LogP contribution in [-0.4, -0.2) is 18.1 Å². The van der Waals surface area contributed by atoms with Crippen molar-refractivity contribution in [2.24, 2.45) is 11.7 Å². The number of nitrogens with two attached hydrogens (primary N) is 1. The maximum absolute atomic E-state index is 5.38. The molecule has 1 rings (SSSR count). The normalized spacial score (nSPS) is 31.8. The molecule has 1 unspecified atom stereocenters. The number of rotatable bonds is 1. The van der Waals surface area contributed by atoms with E-state index in [0.717, 1.165) is 5.92 Å². The molecule has 0 spiro atoms. The molecule has 0 aromatic heterocycles. The van der Waals surface area contributed by atoms with Gasteiger partial charge in [-0.2, -0.15) is 11.8 Å². The van der Waals surface area contributed by atoms with Crippen LogP contribution in [-0.2, 0) is 0 Å². The van der Waals surface area contributed by atoms with E-state index >= 15 is 0 Å². The molecule has 0 aromatic carbocycles. The molecule has 2 N–H and O–H groups in total. The van der Waals surface area contributed by atoms with E-state index < -0.39 is 0 Å². The molecule has 1 fully saturated rings. The van der Waals surface area contributed by atoms with Crippen LogP contribution in [0.4, 0.5) is 0 Å². The summed E-state index contributed by atoms with van der Waals surface area (Å²) in [6.07, 6.45) is 2.16. The minimum Gasteiger partial charge on any atom is -0.327 e. The van der Waals surface area contributed by atoms with Crippen molar-refractivity contribution in [1.29, 1.82) is 0 Å². The first-order valence-corrected chi connectivity index (χ1v) is 4.47. The molecule has 1 heterocycles. The summed E-state index contributed by atoms with van der Waals surface area (Å²) in [5, 5.41) is 0. The second kappa shape index (κ2) is 3.28. The number of hydrogen-bond donors (Lipinski definition) is 1. The molecule has 0 bridgehead atoms. The molecular weight excluding hydrogens is 130 g/mol. The van der Waals surface area contributed by atoms with Gasteiger partial charge >= 0.3 is 0 Å². The topological polar surface area (TPSA) is 26.0 Å². The second-order valence-electron chi connectivity index (χ2n) is 2.43. The fourth-order valence-electron chi connectivity index (χ4n) is 1.01. The average Bonchev–Trinajstić information content (AvgIpc) is 2.18. The molecular formula is C7H13NS. The van der Waals surface area contributed by atoms with Crippen molar-refractivity contribution < 1.29 is 0 Å². The molecule has 2 heteroatoms. The first-order valence-electron chi connectivity index (χ1n) is 3.31. The Hall–Kier alpha value is 0.0500. The van der Waals surface area contributed by atoms with Crippen molar-refractivity contribution in [3.05, 3.63) is 11.6 Å². The summed E-state index contributed by atoms with van der Waals surface area (Å²) >= 11 is 2.01. The van der Waals surface area contributed by atoms with E-state index in [2.05, 4.69) is 13.0 Å². The van der Waals surface area contributed by atoms with E-state index in [1.165, 1.54) is 11.5 Å². The van der Waals surface area contributed by atoms with Crippen LogP contribution in [0.1, 0.15) is 6.92 Å². The van der Waals surface area contributed by atoms with E-state index in [-0.39, 0.29) is 0 Å². The van der Waals surface area contributed by atoms with E-state index in [9.17, 15) is 0 Å². The maximum atomic E-state index is 5.38. The minimum atomic E-state index is 0.709. The molecule has 0 radical (unpaired) electrons. The molecule has 1 aliphatic heterocycles. The van der Waals surface area contributed by atoms with Gasteiger partial charge in [0.05, 0.1) is 0 Å². The van der Waals surface area contributed by atoms with Gasteiger partial charge in [0.15, 0.2) is 0 Å². The molecule has 0 saturated carbocycles. The molecule has 0 amide bonds. The van der Waals surface area contributed by atoms with Crippen LogP contribution < -0.4 is 5.73 Å². The molecule has 52 valence electrons. The quantitative estimate of drug-likeness (QED) is 0.559. The zero-order valence-corrected chi connectivity index (χ0v) is 6.58. The van der Waals surface area contributed by atoms with Gasteiger partial charge in [0.1, 0.15) is 0 Å². The van der Waals surface area contributed by atoms with Gasteiger partial charge < -0.3 is 5.73 Å². The van der Waals surface area contributed by atoms with Gasteiger partial charge in [-0.05, 0) is 11.7 Å². The van der Waals surface area contributed by atoms with Crippen LogP contribution in [0, 0.1) is 5.92 Å². The van der Waals surface area contributed by atoms with Gasteiger partial charge in [-0.3, -0.25) is 0 Å². The van der Waals surface area contributed by atoms with E-state index in [1.807, 2.05) is 11.8 Å². The number of hydrogen-bond acceptors (Lipinski definition) is 2. The third-order valence-corrected chi connectivity index (χ3v) is 2.92. The Balaban J connectivity index is 2.48. The standard InChI is InChI=1S/C7H13NS/c1-6-4-9-5-7(6)2-3-8/h2,6H,3-5,8H2,1H3/b7-2+. The van der Waals surface area contributed by atoms with Gasteiger partial charge in [0, 0.05) is 12.3 Å². The van der Waals surface area contributed by atoms with Gasteiger partial charge in [-0.1, -0.05) is 18.6 Å². The molecule has 1 saturated heterocycles. The Morgan fingerprint density at radius 3 is 3.11 bits per heavy atom. The fourth-order valence-corrected chi connectivity index (χ4v) is 2.34. The Morgan fingerprint density at radius 1 is 1.89 bits per heavy atom.